The fourth-order valence-electron chi connectivity index (χ4n) is 4.27. The van der Waals surface area contributed by atoms with Gasteiger partial charge in [-0.15, -0.1) is 0 Å². The van der Waals surface area contributed by atoms with E-state index in [-0.39, 0.29) is 0 Å². The molecular weight excluding hydrogens is 310 g/mol. The molecule has 1 aromatic carbocycles. The number of rotatable bonds is 5. The number of aromatic nitrogens is 1. The molecule has 3 heterocycles. The second-order valence-electron chi connectivity index (χ2n) is 7.68. The first-order chi connectivity index (χ1) is 12.3. The van der Waals surface area contributed by atoms with Crippen LogP contribution in [0.3, 0.4) is 0 Å². The van der Waals surface area contributed by atoms with Crippen molar-refractivity contribution in [3.05, 3.63) is 30.5 Å². The number of aryl methyl sites for hydroxylation is 1. The average Bonchev–Trinajstić information content (AvgIpc) is 3.04. The van der Waals surface area contributed by atoms with Crippen molar-refractivity contribution in [2.45, 2.75) is 38.2 Å². The first-order valence-electron chi connectivity index (χ1n) is 9.95. The van der Waals surface area contributed by atoms with Crippen LogP contribution in [0.4, 0.5) is 0 Å². The molecule has 0 aliphatic carbocycles. The van der Waals surface area contributed by atoms with Crippen LogP contribution in [0.5, 0.6) is 5.75 Å². The summed E-state index contributed by atoms with van der Waals surface area (Å²) in [5, 5.41) is 1.23. The maximum atomic E-state index is 6.37. The molecule has 136 valence electrons. The molecule has 2 aliphatic rings. The summed E-state index contributed by atoms with van der Waals surface area (Å²) in [6, 6.07) is 8.54. The topological polar surface area (TPSA) is 20.6 Å². The normalized spacial score (nSPS) is 21.0. The Kier molecular flexibility index (Phi) is 5.28. The minimum atomic E-state index is 0.358. The van der Waals surface area contributed by atoms with Gasteiger partial charge >= 0.3 is 0 Å². The Balaban J connectivity index is 1.27. The fraction of sp³-hybridized carbons (Fsp3) is 0.619. The summed E-state index contributed by atoms with van der Waals surface area (Å²) in [5.41, 5.74) is 1.25. The van der Waals surface area contributed by atoms with E-state index in [0.29, 0.717) is 6.10 Å². The summed E-state index contributed by atoms with van der Waals surface area (Å²) in [6.45, 7) is 7.42. The van der Waals surface area contributed by atoms with E-state index in [1.807, 2.05) is 0 Å². The highest BCUT2D eigenvalue weighted by Gasteiger charge is 2.22. The van der Waals surface area contributed by atoms with Gasteiger partial charge in [0.1, 0.15) is 11.9 Å². The quantitative estimate of drug-likeness (QED) is 0.830. The second-order valence-corrected chi connectivity index (χ2v) is 7.68. The van der Waals surface area contributed by atoms with E-state index in [1.54, 1.807) is 0 Å². The summed E-state index contributed by atoms with van der Waals surface area (Å²) < 4.78 is 8.53. The highest BCUT2D eigenvalue weighted by atomic mass is 16.5. The number of hydrogen-bond donors (Lipinski definition) is 0. The number of nitrogens with zero attached hydrogens (tertiary/aromatic N) is 3. The molecule has 4 heteroatoms. The molecule has 0 radical (unpaired) electrons. The Morgan fingerprint density at radius 2 is 1.64 bits per heavy atom. The summed E-state index contributed by atoms with van der Waals surface area (Å²) >= 11 is 0. The molecule has 0 N–H and O–H groups in total. The lowest BCUT2D eigenvalue weighted by Crippen LogP contribution is -2.43. The Hall–Kier alpha value is -1.52. The van der Waals surface area contributed by atoms with Crippen LogP contribution in [0.1, 0.15) is 32.1 Å². The van der Waals surface area contributed by atoms with Gasteiger partial charge < -0.3 is 19.1 Å². The zero-order valence-electron chi connectivity index (χ0n) is 15.5. The smallest absolute Gasteiger partial charge is 0.129 e. The molecule has 0 atom stereocenters. The number of benzene rings is 1. The van der Waals surface area contributed by atoms with Crippen molar-refractivity contribution < 1.29 is 4.74 Å². The third kappa shape index (κ3) is 4.01. The Morgan fingerprint density at radius 1 is 0.920 bits per heavy atom. The van der Waals surface area contributed by atoms with Gasteiger partial charge in [-0.05, 0) is 57.0 Å². The Bertz CT molecular complexity index is 682. The Morgan fingerprint density at radius 3 is 2.40 bits per heavy atom. The molecule has 0 unspecified atom stereocenters. The molecule has 2 aromatic rings. The van der Waals surface area contributed by atoms with E-state index >= 15 is 0 Å². The summed E-state index contributed by atoms with van der Waals surface area (Å²) in [5.74, 6) is 1.05. The largest absolute Gasteiger partial charge is 0.490 e. The molecule has 4 rings (SSSR count). The standard InChI is InChI=1S/C21H31N3O/c1-22-13-10-19-20(22)6-5-7-21(19)25-18-8-14-24(15-9-18)17-16-23-11-3-2-4-12-23/h5-7,10,13,18H,2-4,8-9,11-12,14-17H2,1H3. The van der Waals surface area contributed by atoms with Gasteiger partial charge in [0.2, 0.25) is 0 Å². The lowest BCUT2D eigenvalue weighted by Gasteiger charge is -2.34. The van der Waals surface area contributed by atoms with E-state index in [9.17, 15) is 0 Å². The number of likely N-dealkylation sites (tertiary alicyclic amines) is 2. The number of fused-ring (bicyclic) bond motifs is 1. The van der Waals surface area contributed by atoms with Crippen molar-refractivity contribution in [1.29, 1.82) is 0 Å². The molecule has 0 amide bonds. The van der Waals surface area contributed by atoms with Gasteiger partial charge in [-0.3, -0.25) is 0 Å². The predicted molar refractivity (Wildman–Crippen MR) is 103 cm³/mol. The van der Waals surface area contributed by atoms with Crippen molar-refractivity contribution in [1.82, 2.24) is 14.4 Å². The van der Waals surface area contributed by atoms with Crippen LogP contribution in [0.25, 0.3) is 10.9 Å². The number of hydrogen-bond acceptors (Lipinski definition) is 3. The predicted octanol–water partition coefficient (Wildman–Crippen LogP) is 3.51. The fourth-order valence-corrected chi connectivity index (χ4v) is 4.27. The summed E-state index contributed by atoms with van der Waals surface area (Å²) in [7, 11) is 2.09. The number of piperidine rings is 2. The lowest BCUT2D eigenvalue weighted by molar-refractivity contribution is 0.0915. The van der Waals surface area contributed by atoms with Crippen LogP contribution in [-0.2, 0) is 7.05 Å². The van der Waals surface area contributed by atoms with Crippen LogP contribution in [0, 0.1) is 0 Å². The number of ether oxygens (including phenoxy) is 1. The maximum absolute atomic E-state index is 6.37. The van der Waals surface area contributed by atoms with Gasteiger partial charge in [-0.25, -0.2) is 0 Å². The summed E-state index contributed by atoms with van der Waals surface area (Å²) in [4.78, 5) is 5.26. The van der Waals surface area contributed by atoms with E-state index in [4.69, 9.17) is 4.74 Å². The zero-order valence-corrected chi connectivity index (χ0v) is 15.5. The monoisotopic (exact) mass is 341 g/mol. The zero-order chi connectivity index (χ0) is 17.1. The van der Waals surface area contributed by atoms with Gasteiger partial charge in [0, 0.05) is 44.8 Å². The van der Waals surface area contributed by atoms with Crippen LogP contribution < -0.4 is 4.74 Å². The maximum Gasteiger partial charge on any atom is 0.129 e. The second kappa shape index (κ2) is 7.79. The van der Waals surface area contributed by atoms with Gasteiger partial charge in [0.25, 0.3) is 0 Å². The van der Waals surface area contributed by atoms with Gasteiger partial charge in [-0.2, -0.15) is 0 Å². The van der Waals surface area contributed by atoms with Gasteiger partial charge in [0.05, 0.1) is 5.52 Å². The first-order valence-corrected chi connectivity index (χ1v) is 9.95. The van der Waals surface area contributed by atoms with Crippen LogP contribution in [-0.4, -0.2) is 59.7 Å². The van der Waals surface area contributed by atoms with Crippen molar-refractivity contribution >= 4 is 10.9 Å². The van der Waals surface area contributed by atoms with Crippen molar-refractivity contribution in [2.75, 3.05) is 39.3 Å². The van der Waals surface area contributed by atoms with E-state index in [0.717, 1.165) is 18.6 Å². The molecule has 0 bridgehead atoms. The molecule has 2 fully saturated rings. The van der Waals surface area contributed by atoms with Crippen molar-refractivity contribution in [2.24, 2.45) is 7.05 Å². The molecule has 2 saturated heterocycles. The van der Waals surface area contributed by atoms with E-state index < -0.39 is 0 Å². The molecular formula is C21H31N3O. The van der Waals surface area contributed by atoms with Crippen LogP contribution in [0.2, 0.25) is 0 Å². The van der Waals surface area contributed by atoms with Crippen molar-refractivity contribution in [3.8, 4) is 5.75 Å². The highest BCUT2D eigenvalue weighted by molar-refractivity contribution is 5.86. The molecule has 0 saturated carbocycles. The molecule has 25 heavy (non-hydrogen) atoms. The molecule has 4 nitrogen and oxygen atoms in total. The summed E-state index contributed by atoms with van der Waals surface area (Å²) in [6.07, 6.45) is 8.96. The molecule has 2 aliphatic heterocycles. The van der Waals surface area contributed by atoms with Crippen molar-refractivity contribution in [3.63, 3.8) is 0 Å². The SMILES string of the molecule is Cn1ccc2c(OC3CCN(CCN4CCCCC4)CC3)cccc21. The highest BCUT2D eigenvalue weighted by Crippen LogP contribution is 2.28. The van der Waals surface area contributed by atoms with Gasteiger partial charge in [0.15, 0.2) is 0 Å². The van der Waals surface area contributed by atoms with Crippen LogP contribution in [0.15, 0.2) is 30.5 Å². The van der Waals surface area contributed by atoms with Crippen LogP contribution >= 0.6 is 0 Å². The van der Waals surface area contributed by atoms with E-state index in [2.05, 4.69) is 51.9 Å². The van der Waals surface area contributed by atoms with Gasteiger partial charge in [-0.1, -0.05) is 12.5 Å². The lowest BCUT2D eigenvalue weighted by atomic mass is 10.1. The molecule has 0 spiro atoms. The Labute approximate surface area is 151 Å². The minimum Gasteiger partial charge on any atom is -0.490 e. The first kappa shape index (κ1) is 16.9. The third-order valence-corrected chi connectivity index (χ3v) is 5.90. The third-order valence-electron chi connectivity index (χ3n) is 5.90. The minimum absolute atomic E-state index is 0.358. The average molecular weight is 341 g/mol. The molecule has 1 aromatic heterocycles. The van der Waals surface area contributed by atoms with E-state index in [1.165, 1.54) is 69.4 Å².